The van der Waals surface area contributed by atoms with Crippen molar-refractivity contribution in [3.63, 3.8) is 0 Å². The number of nitrogens with zero attached hydrogens (tertiary/aromatic N) is 3. The Morgan fingerprint density at radius 1 is 0.566 bits per heavy atom. The zero-order valence-electron chi connectivity index (χ0n) is 28.9. The second-order valence-electron chi connectivity index (χ2n) is 13.9. The molecule has 0 saturated carbocycles. The molecule has 0 atom stereocenters. The van der Waals surface area contributed by atoms with E-state index in [0.717, 1.165) is 35.5 Å². The molecule has 2 aliphatic rings. The molecule has 4 heterocycles. The van der Waals surface area contributed by atoms with Crippen LogP contribution in [0.4, 0.5) is 0 Å². The van der Waals surface area contributed by atoms with Gasteiger partial charge < -0.3 is 9.13 Å². The molecule has 5 aromatic carbocycles. The molecule has 0 unspecified atom stereocenters. The Bertz CT molecular complexity index is 3030. The topological polar surface area (TPSA) is 22.8 Å². The minimum Gasteiger partial charge on any atom is -0.309 e. The molecule has 0 radical (unpaired) electrons. The van der Waals surface area contributed by atoms with Crippen LogP contribution in [0.15, 0.2) is 158 Å². The van der Waals surface area contributed by atoms with Crippen LogP contribution >= 0.6 is 11.3 Å². The van der Waals surface area contributed by atoms with Crippen LogP contribution in [-0.4, -0.2) is 14.1 Å². The van der Waals surface area contributed by atoms with Crippen LogP contribution in [0.1, 0.15) is 34.5 Å². The number of aromatic nitrogens is 3. The Morgan fingerprint density at radius 3 is 2.30 bits per heavy atom. The van der Waals surface area contributed by atoms with Crippen molar-refractivity contribution >= 4 is 77.1 Å². The fourth-order valence-electron chi connectivity index (χ4n) is 8.48. The Labute approximate surface area is 311 Å². The van der Waals surface area contributed by atoms with Gasteiger partial charge in [-0.3, -0.25) is 4.98 Å². The molecule has 250 valence electrons. The zero-order chi connectivity index (χ0) is 34.9. The van der Waals surface area contributed by atoms with Crippen molar-refractivity contribution in [2.45, 2.75) is 12.8 Å². The fraction of sp³-hybridized carbons (Fsp3) is 0.0408. The molecular formula is C49H33N3S. The summed E-state index contributed by atoms with van der Waals surface area (Å²) in [7, 11) is 0. The summed E-state index contributed by atoms with van der Waals surface area (Å²) < 4.78 is 7.46. The van der Waals surface area contributed by atoms with Crippen molar-refractivity contribution in [3.05, 3.63) is 186 Å². The van der Waals surface area contributed by atoms with Gasteiger partial charge in [0.15, 0.2) is 0 Å². The van der Waals surface area contributed by atoms with Gasteiger partial charge in [-0.15, -0.1) is 11.3 Å². The molecule has 9 aromatic rings. The number of thiophene rings is 1. The molecule has 4 aromatic heterocycles. The maximum Gasteiger partial charge on any atom is 0.0703 e. The summed E-state index contributed by atoms with van der Waals surface area (Å²) in [6.07, 6.45) is 19.8. The number of benzene rings is 5. The van der Waals surface area contributed by atoms with Crippen LogP contribution in [0.3, 0.4) is 0 Å². The summed E-state index contributed by atoms with van der Waals surface area (Å²) in [5, 5.41) is 5.15. The van der Waals surface area contributed by atoms with Gasteiger partial charge in [0.25, 0.3) is 0 Å². The largest absolute Gasteiger partial charge is 0.309 e. The lowest BCUT2D eigenvalue weighted by Gasteiger charge is -2.12. The standard InChI is InChI=1S/C49H33N3S/c1-3-14-34(15-4-1)51-44-22-9-7-17-38(44)42-30-33(25-28-47(42)51)43-27-26-35(31-50-43)52-45-21-6-2-5-16-37(45)41-29-32(13-11-23-46(41)52)36-19-12-20-40-39-18-8-10-24-48(39)53-49(36)40/h1-12,14-15,17-31H,13,16H2. The Kier molecular flexibility index (Phi) is 6.86. The van der Waals surface area contributed by atoms with Gasteiger partial charge in [-0.05, 0) is 96.3 Å². The molecule has 0 aliphatic heterocycles. The summed E-state index contributed by atoms with van der Waals surface area (Å²) >= 11 is 1.90. The first kappa shape index (κ1) is 30.2. The zero-order valence-corrected chi connectivity index (χ0v) is 29.7. The minimum absolute atomic E-state index is 0.878. The highest BCUT2D eigenvalue weighted by molar-refractivity contribution is 7.26. The van der Waals surface area contributed by atoms with Gasteiger partial charge in [0, 0.05) is 47.8 Å². The van der Waals surface area contributed by atoms with Gasteiger partial charge in [-0.2, -0.15) is 0 Å². The molecule has 3 nitrogen and oxygen atoms in total. The maximum atomic E-state index is 5.11. The minimum atomic E-state index is 0.878. The molecule has 0 bridgehead atoms. The van der Waals surface area contributed by atoms with E-state index in [2.05, 4.69) is 179 Å². The van der Waals surface area contributed by atoms with Crippen LogP contribution in [0, 0.1) is 0 Å². The van der Waals surface area contributed by atoms with Gasteiger partial charge in [-0.1, -0.05) is 103 Å². The number of allylic oxidation sites excluding steroid dienone is 5. The summed E-state index contributed by atoms with van der Waals surface area (Å²) in [6.45, 7) is 0. The highest BCUT2D eigenvalue weighted by Gasteiger charge is 2.23. The summed E-state index contributed by atoms with van der Waals surface area (Å²) in [4.78, 5) is 5.11. The summed E-state index contributed by atoms with van der Waals surface area (Å²) in [6, 6.07) is 46.0. The lowest BCUT2D eigenvalue weighted by Crippen LogP contribution is -2.01. The van der Waals surface area contributed by atoms with Crippen molar-refractivity contribution in [2.75, 3.05) is 0 Å². The number of hydrogen-bond acceptors (Lipinski definition) is 2. The van der Waals surface area contributed by atoms with E-state index in [1.165, 1.54) is 75.6 Å². The first-order valence-corrected chi connectivity index (χ1v) is 19.1. The lowest BCUT2D eigenvalue weighted by atomic mass is 9.97. The Morgan fingerprint density at radius 2 is 1.40 bits per heavy atom. The Balaban J connectivity index is 1.02. The number of pyridine rings is 1. The van der Waals surface area contributed by atoms with Crippen molar-refractivity contribution in [1.29, 1.82) is 0 Å². The van der Waals surface area contributed by atoms with Gasteiger partial charge >= 0.3 is 0 Å². The average Bonchev–Trinajstić information content (AvgIpc) is 3.69. The van der Waals surface area contributed by atoms with E-state index in [4.69, 9.17) is 4.98 Å². The molecule has 0 spiro atoms. The molecule has 0 fully saturated rings. The summed E-state index contributed by atoms with van der Waals surface area (Å²) in [5.74, 6) is 0. The molecule has 0 amide bonds. The van der Waals surface area contributed by atoms with Crippen LogP contribution in [0.25, 0.3) is 88.4 Å². The maximum absolute atomic E-state index is 5.11. The van der Waals surface area contributed by atoms with E-state index < -0.39 is 0 Å². The van der Waals surface area contributed by atoms with Gasteiger partial charge in [0.1, 0.15) is 0 Å². The van der Waals surface area contributed by atoms with Crippen LogP contribution in [0.5, 0.6) is 0 Å². The molecule has 53 heavy (non-hydrogen) atoms. The van der Waals surface area contributed by atoms with Crippen molar-refractivity contribution < 1.29 is 0 Å². The molecule has 2 aliphatic carbocycles. The fourth-order valence-corrected chi connectivity index (χ4v) is 9.73. The summed E-state index contributed by atoms with van der Waals surface area (Å²) in [5.41, 5.74) is 14.4. The van der Waals surface area contributed by atoms with E-state index in [1.807, 2.05) is 17.5 Å². The molecular weight excluding hydrogens is 663 g/mol. The monoisotopic (exact) mass is 695 g/mol. The second-order valence-corrected chi connectivity index (χ2v) is 14.9. The van der Waals surface area contributed by atoms with Gasteiger partial charge in [-0.25, -0.2) is 0 Å². The van der Waals surface area contributed by atoms with Crippen LogP contribution in [-0.2, 0) is 6.42 Å². The number of rotatable bonds is 4. The molecule has 0 saturated heterocycles. The number of fused-ring (bicyclic) bond motifs is 9. The Hall–Kier alpha value is -6.49. The van der Waals surface area contributed by atoms with E-state index in [9.17, 15) is 0 Å². The van der Waals surface area contributed by atoms with Crippen LogP contribution < -0.4 is 0 Å². The SMILES string of the molecule is C1=CCc2c3c(n(-c4ccc(-c5ccc6c(c5)c5ccccc5n6-c5ccccc5)nc4)c2C=C1)C=CCC(c1cccc2c1sc1ccccc12)=C3. The number of hydrogen-bond donors (Lipinski definition) is 0. The molecule has 0 N–H and O–H groups in total. The van der Waals surface area contributed by atoms with E-state index in [0.29, 0.717) is 0 Å². The smallest absolute Gasteiger partial charge is 0.0703 e. The first-order chi connectivity index (χ1) is 26.3. The second kappa shape index (κ2) is 12.0. The van der Waals surface area contributed by atoms with Gasteiger partial charge in [0.05, 0.1) is 40.0 Å². The lowest BCUT2D eigenvalue weighted by molar-refractivity contribution is 1.02. The predicted molar refractivity (Wildman–Crippen MR) is 226 cm³/mol. The highest BCUT2D eigenvalue weighted by atomic mass is 32.1. The molecule has 4 heteroatoms. The molecule has 11 rings (SSSR count). The third-order valence-electron chi connectivity index (χ3n) is 10.9. The van der Waals surface area contributed by atoms with Crippen LogP contribution in [0.2, 0.25) is 0 Å². The van der Waals surface area contributed by atoms with Gasteiger partial charge in [0.2, 0.25) is 0 Å². The quantitative estimate of drug-likeness (QED) is 0.180. The van der Waals surface area contributed by atoms with E-state index >= 15 is 0 Å². The van der Waals surface area contributed by atoms with Crippen molar-refractivity contribution in [2.24, 2.45) is 0 Å². The normalized spacial score (nSPS) is 13.8. The highest BCUT2D eigenvalue weighted by Crippen LogP contribution is 2.42. The van der Waals surface area contributed by atoms with E-state index in [-0.39, 0.29) is 0 Å². The third-order valence-corrected chi connectivity index (χ3v) is 12.1. The van der Waals surface area contributed by atoms with Crippen molar-refractivity contribution in [3.8, 4) is 22.6 Å². The third kappa shape index (κ3) is 4.76. The first-order valence-electron chi connectivity index (χ1n) is 18.2. The number of para-hydroxylation sites is 2. The van der Waals surface area contributed by atoms with Crippen molar-refractivity contribution in [1.82, 2.24) is 14.1 Å². The van der Waals surface area contributed by atoms with E-state index in [1.54, 1.807) is 0 Å². The predicted octanol–water partition coefficient (Wildman–Crippen LogP) is 13.1. The average molecular weight is 696 g/mol.